The number of ether oxygens (including phenoxy) is 2. The number of fused-ring (bicyclic) bond motifs is 2. The Bertz CT molecular complexity index is 1050. The molecule has 7 nitrogen and oxygen atoms in total. The molecule has 0 fully saturated rings. The van der Waals surface area contributed by atoms with Crippen LogP contribution < -0.4 is 20.3 Å². The van der Waals surface area contributed by atoms with Crippen molar-refractivity contribution in [1.82, 2.24) is 14.9 Å². The van der Waals surface area contributed by atoms with Crippen molar-refractivity contribution >= 4 is 33.5 Å². The van der Waals surface area contributed by atoms with Gasteiger partial charge in [-0.15, -0.1) is 11.3 Å². The molecule has 3 heterocycles. The highest BCUT2D eigenvalue weighted by atomic mass is 32.1. The number of nitrogens with zero attached hydrogens (tertiary/aromatic N) is 2. The van der Waals surface area contributed by atoms with Crippen LogP contribution >= 0.6 is 11.3 Å². The molecule has 132 valence electrons. The van der Waals surface area contributed by atoms with E-state index in [1.165, 1.54) is 28.3 Å². The number of hydrogen-bond donors (Lipinski definition) is 1. The highest BCUT2D eigenvalue weighted by molar-refractivity contribution is 7.17. The van der Waals surface area contributed by atoms with E-state index in [2.05, 4.69) is 10.3 Å². The molecule has 0 unspecified atom stereocenters. The van der Waals surface area contributed by atoms with Crippen molar-refractivity contribution in [3.05, 3.63) is 58.0 Å². The molecule has 0 spiro atoms. The molecule has 0 aliphatic carbocycles. The molecule has 3 aromatic rings. The molecular weight excluding hydrogens is 354 g/mol. The number of nitrogens with one attached hydrogen (secondary N) is 1. The lowest BCUT2D eigenvalue weighted by Gasteiger charge is -2.05. The molecular formula is C18H15N3O4S. The maximum atomic E-state index is 12.3. The number of hydrogen-bond acceptors (Lipinski definition) is 6. The third kappa shape index (κ3) is 3.31. The standard InChI is InChI=1S/C18H15N3O4S/c22-16(4-2-12-1-3-14-15(9-12)25-11-24-14)19-6-7-21-10-20-13-5-8-26-17(13)18(21)23/h1-5,8-10H,6-7,11H2,(H,19,22)/b4-2+. The Labute approximate surface area is 152 Å². The smallest absolute Gasteiger partial charge is 0.271 e. The first-order valence-corrected chi connectivity index (χ1v) is 8.87. The average Bonchev–Trinajstić information content (AvgIpc) is 3.30. The summed E-state index contributed by atoms with van der Waals surface area (Å²) in [5.74, 6) is 1.14. The first kappa shape index (κ1) is 16.3. The van der Waals surface area contributed by atoms with E-state index in [4.69, 9.17) is 9.47 Å². The molecule has 1 amide bonds. The van der Waals surface area contributed by atoms with Gasteiger partial charge < -0.3 is 14.8 Å². The zero-order valence-electron chi connectivity index (χ0n) is 13.7. The molecule has 0 radical (unpaired) electrons. The van der Waals surface area contributed by atoms with Gasteiger partial charge in [-0.1, -0.05) is 6.07 Å². The van der Waals surface area contributed by atoms with Gasteiger partial charge in [-0.25, -0.2) is 4.98 Å². The fourth-order valence-electron chi connectivity index (χ4n) is 2.59. The summed E-state index contributed by atoms with van der Waals surface area (Å²) in [5.41, 5.74) is 1.45. The summed E-state index contributed by atoms with van der Waals surface area (Å²) >= 11 is 1.37. The minimum atomic E-state index is -0.235. The molecule has 26 heavy (non-hydrogen) atoms. The quantitative estimate of drug-likeness (QED) is 0.696. The minimum absolute atomic E-state index is 0.0878. The lowest BCUT2D eigenvalue weighted by atomic mass is 10.2. The van der Waals surface area contributed by atoms with E-state index in [-0.39, 0.29) is 18.3 Å². The molecule has 1 aromatic carbocycles. The lowest BCUT2D eigenvalue weighted by Crippen LogP contribution is -2.29. The maximum absolute atomic E-state index is 12.3. The van der Waals surface area contributed by atoms with Crippen molar-refractivity contribution in [2.24, 2.45) is 0 Å². The first-order chi connectivity index (χ1) is 12.7. The molecule has 0 atom stereocenters. The predicted molar refractivity (Wildman–Crippen MR) is 98.5 cm³/mol. The predicted octanol–water partition coefficient (Wildman–Crippen LogP) is 2.02. The summed E-state index contributed by atoms with van der Waals surface area (Å²) < 4.78 is 12.7. The minimum Gasteiger partial charge on any atom is -0.454 e. The van der Waals surface area contributed by atoms with Gasteiger partial charge in [0, 0.05) is 19.2 Å². The molecule has 1 N–H and O–H groups in total. The van der Waals surface area contributed by atoms with Crippen molar-refractivity contribution in [2.75, 3.05) is 13.3 Å². The van der Waals surface area contributed by atoms with Gasteiger partial charge in [-0.05, 0) is 35.2 Å². The molecule has 8 heteroatoms. The van der Waals surface area contributed by atoms with E-state index < -0.39 is 0 Å². The van der Waals surface area contributed by atoms with Gasteiger partial charge in [0.05, 0.1) is 11.8 Å². The van der Waals surface area contributed by atoms with Crippen LogP contribution in [0.3, 0.4) is 0 Å². The van der Waals surface area contributed by atoms with Crippen LogP contribution in [0.15, 0.2) is 46.8 Å². The van der Waals surface area contributed by atoms with Crippen molar-refractivity contribution in [3.8, 4) is 11.5 Å². The van der Waals surface area contributed by atoms with Gasteiger partial charge in [0.15, 0.2) is 11.5 Å². The van der Waals surface area contributed by atoms with Crippen molar-refractivity contribution in [1.29, 1.82) is 0 Å². The summed E-state index contributed by atoms with van der Waals surface area (Å²) in [6.45, 7) is 0.917. The number of amides is 1. The SMILES string of the molecule is O=C(/C=C/c1ccc2c(c1)OCO2)NCCn1cnc2ccsc2c1=O. The van der Waals surface area contributed by atoms with Crippen LogP contribution in [0.25, 0.3) is 16.3 Å². The Balaban J connectivity index is 1.33. The van der Waals surface area contributed by atoms with E-state index >= 15 is 0 Å². The van der Waals surface area contributed by atoms with Crippen molar-refractivity contribution in [2.45, 2.75) is 6.54 Å². The van der Waals surface area contributed by atoms with Crippen molar-refractivity contribution < 1.29 is 14.3 Å². The molecule has 2 aromatic heterocycles. The average molecular weight is 369 g/mol. The first-order valence-electron chi connectivity index (χ1n) is 7.99. The van der Waals surface area contributed by atoms with Crippen LogP contribution in [0.2, 0.25) is 0 Å². The number of rotatable bonds is 5. The zero-order chi connectivity index (χ0) is 17.9. The maximum Gasteiger partial charge on any atom is 0.271 e. The Morgan fingerprint density at radius 1 is 1.31 bits per heavy atom. The van der Waals surface area contributed by atoms with E-state index in [1.807, 2.05) is 23.6 Å². The molecule has 1 aliphatic rings. The summed E-state index contributed by atoms with van der Waals surface area (Å²) in [6.07, 6.45) is 4.65. The number of carbonyl (C=O) groups is 1. The zero-order valence-corrected chi connectivity index (χ0v) is 14.5. The summed E-state index contributed by atoms with van der Waals surface area (Å²) in [5, 5.41) is 4.60. The molecule has 0 bridgehead atoms. The number of thiophene rings is 1. The summed E-state index contributed by atoms with van der Waals surface area (Å²) in [4.78, 5) is 28.4. The van der Waals surface area contributed by atoms with Gasteiger partial charge in [-0.3, -0.25) is 14.2 Å². The third-order valence-corrected chi connectivity index (χ3v) is 4.80. The van der Waals surface area contributed by atoms with E-state index in [1.54, 1.807) is 12.1 Å². The van der Waals surface area contributed by atoms with Crippen LogP contribution in [-0.2, 0) is 11.3 Å². The Morgan fingerprint density at radius 2 is 2.19 bits per heavy atom. The van der Waals surface area contributed by atoms with Crippen LogP contribution in [0.4, 0.5) is 0 Å². The molecule has 0 saturated heterocycles. The van der Waals surface area contributed by atoms with Gasteiger partial charge >= 0.3 is 0 Å². The second kappa shape index (κ2) is 7.01. The Morgan fingerprint density at radius 3 is 3.12 bits per heavy atom. The number of benzene rings is 1. The molecule has 1 aliphatic heterocycles. The normalized spacial score (nSPS) is 12.8. The fraction of sp³-hybridized carbons (Fsp3) is 0.167. The van der Waals surface area contributed by atoms with E-state index in [0.29, 0.717) is 34.8 Å². The van der Waals surface area contributed by atoms with E-state index in [0.717, 1.165) is 5.56 Å². The second-order valence-corrected chi connectivity index (χ2v) is 6.53. The highest BCUT2D eigenvalue weighted by Gasteiger charge is 2.12. The van der Waals surface area contributed by atoms with Crippen LogP contribution in [0, 0.1) is 0 Å². The van der Waals surface area contributed by atoms with Crippen LogP contribution in [0.1, 0.15) is 5.56 Å². The van der Waals surface area contributed by atoms with Gasteiger partial charge in [0.1, 0.15) is 4.70 Å². The highest BCUT2D eigenvalue weighted by Crippen LogP contribution is 2.32. The summed E-state index contributed by atoms with van der Waals surface area (Å²) in [6, 6.07) is 7.28. The van der Waals surface area contributed by atoms with Crippen LogP contribution in [0.5, 0.6) is 11.5 Å². The number of aromatic nitrogens is 2. The lowest BCUT2D eigenvalue weighted by molar-refractivity contribution is -0.116. The third-order valence-electron chi connectivity index (χ3n) is 3.91. The van der Waals surface area contributed by atoms with Gasteiger partial charge in [0.25, 0.3) is 5.56 Å². The largest absolute Gasteiger partial charge is 0.454 e. The molecule has 0 saturated carbocycles. The fourth-order valence-corrected chi connectivity index (χ4v) is 3.38. The number of carbonyl (C=O) groups excluding carboxylic acids is 1. The molecule has 4 rings (SSSR count). The van der Waals surface area contributed by atoms with Gasteiger partial charge in [-0.2, -0.15) is 0 Å². The second-order valence-electron chi connectivity index (χ2n) is 5.62. The van der Waals surface area contributed by atoms with Crippen LogP contribution in [-0.4, -0.2) is 28.8 Å². The Hall–Kier alpha value is -3.13. The Kier molecular flexibility index (Phi) is 4.40. The summed E-state index contributed by atoms with van der Waals surface area (Å²) in [7, 11) is 0. The topological polar surface area (TPSA) is 82.4 Å². The van der Waals surface area contributed by atoms with E-state index in [9.17, 15) is 9.59 Å². The van der Waals surface area contributed by atoms with Crippen molar-refractivity contribution in [3.63, 3.8) is 0 Å². The van der Waals surface area contributed by atoms with Gasteiger partial charge in [0.2, 0.25) is 12.7 Å². The monoisotopic (exact) mass is 369 g/mol.